The molecule has 2 rings (SSSR count). The van der Waals surface area contributed by atoms with Gasteiger partial charge in [-0.1, -0.05) is 6.92 Å². The van der Waals surface area contributed by atoms with E-state index in [0.717, 1.165) is 18.2 Å². The maximum absolute atomic E-state index is 13.4. The second-order valence-electron chi connectivity index (χ2n) is 5.94. The third-order valence-electron chi connectivity index (χ3n) is 3.68. The highest BCUT2D eigenvalue weighted by atomic mass is 19.1. The lowest BCUT2D eigenvalue weighted by molar-refractivity contribution is -0.153. The molecule has 1 aliphatic heterocycles. The Morgan fingerprint density at radius 1 is 1.30 bits per heavy atom. The first kappa shape index (κ1) is 17.6. The molecule has 2 amide bonds. The van der Waals surface area contributed by atoms with Gasteiger partial charge in [0, 0.05) is 25.1 Å². The number of nitrogens with one attached hydrogen (secondary N) is 2. The van der Waals surface area contributed by atoms with Crippen molar-refractivity contribution in [1.82, 2.24) is 10.6 Å². The quantitative estimate of drug-likeness (QED) is 0.844. The zero-order valence-electron chi connectivity index (χ0n) is 13.3. The van der Waals surface area contributed by atoms with Gasteiger partial charge in [0.05, 0.1) is 13.2 Å². The molecule has 0 aromatic heterocycles. The number of hydrogen-bond donors (Lipinski definition) is 2. The Labute approximate surface area is 134 Å². The van der Waals surface area contributed by atoms with Gasteiger partial charge >= 0.3 is 6.03 Å². The number of halogens is 2. The molecule has 1 fully saturated rings. The van der Waals surface area contributed by atoms with Crippen molar-refractivity contribution in [3.05, 3.63) is 35.4 Å². The third kappa shape index (κ3) is 5.44. The Hall–Kier alpha value is -1.73. The summed E-state index contributed by atoms with van der Waals surface area (Å²) < 4.78 is 37.5. The number of carbonyl (C=O) groups is 1. The Balaban J connectivity index is 1.71. The molecule has 2 N–H and O–H groups in total. The smallest absolute Gasteiger partial charge is 0.315 e. The fraction of sp³-hybridized carbons (Fsp3) is 0.562. The van der Waals surface area contributed by atoms with Crippen LogP contribution in [0.5, 0.6) is 0 Å². The summed E-state index contributed by atoms with van der Waals surface area (Å²) in [6, 6.07) is 2.70. The van der Waals surface area contributed by atoms with Crippen LogP contribution in [0.3, 0.4) is 0 Å². The SMILES string of the molecule is C[C@H](CNC(=O)NCc1cc(F)ccc1F)CC1(C)OCCO1. The molecule has 128 valence electrons. The van der Waals surface area contributed by atoms with Crippen molar-refractivity contribution in [2.45, 2.75) is 32.6 Å². The summed E-state index contributed by atoms with van der Waals surface area (Å²) in [7, 11) is 0. The second kappa shape index (κ2) is 7.70. The predicted molar refractivity (Wildman–Crippen MR) is 80.7 cm³/mol. The van der Waals surface area contributed by atoms with Crippen molar-refractivity contribution in [1.29, 1.82) is 0 Å². The number of carbonyl (C=O) groups excluding carboxylic acids is 1. The number of rotatable bonds is 6. The average Bonchev–Trinajstić information content (AvgIpc) is 2.92. The van der Waals surface area contributed by atoms with Crippen LogP contribution in [-0.2, 0) is 16.0 Å². The van der Waals surface area contributed by atoms with E-state index in [2.05, 4.69) is 10.6 Å². The van der Waals surface area contributed by atoms with Gasteiger partial charge in [-0.15, -0.1) is 0 Å². The highest BCUT2D eigenvalue weighted by molar-refractivity contribution is 5.73. The van der Waals surface area contributed by atoms with Crippen LogP contribution in [0.4, 0.5) is 13.6 Å². The number of amides is 2. The molecule has 5 nitrogen and oxygen atoms in total. The molecule has 1 aliphatic rings. The molecule has 7 heteroatoms. The Kier molecular flexibility index (Phi) is 5.90. The fourth-order valence-corrected chi connectivity index (χ4v) is 2.56. The van der Waals surface area contributed by atoms with Crippen LogP contribution in [-0.4, -0.2) is 31.6 Å². The van der Waals surface area contributed by atoms with Gasteiger partial charge in [0.2, 0.25) is 0 Å². The first-order valence-corrected chi connectivity index (χ1v) is 7.61. The lowest BCUT2D eigenvalue weighted by Crippen LogP contribution is -2.39. The zero-order valence-corrected chi connectivity index (χ0v) is 13.3. The van der Waals surface area contributed by atoms with Crippen LogP contribution >= 0.6 is 0 Å². The van der Waals surface area contributed by atoms with Gasteiger partial charge in [0.15, 0.2) is 5.79 Å². The summed E-state index contributed by atoms with van der Waals surface area (Å²) in [5, 5.41) is 5.21. The maximum Gasteiger partial charge on any atom is 0.315 e. The van der Waals surface area contributed by atoms with E-state index in [9.17, 15) is 13.6 Å². The molecular weight excluding hydrogens is 306 g/mol. The standard InChI is InChI=1S/C16H22F2N2O3/c1-11(8-16(2)22-5-6-23-16)9-19-15(21)20-10-12-7-13(17)3-4-14(12)18/h3-4,7,11H,5-6,8-10H2,1-2H3,(H2,19,20,21)/t11-/m0/s1. The largest absolute Gasteiger partial charge is 0.348 e. The lowest BCUT2D eigenvalue weighted by atomic mass is 10.0. The summed E-state index contributed by atoms with van der Waals surface area (Å²) >= 11 is 0. The molecule has 0 spiro atoms. The van der Waals surface area contributed by atoms with E-state index in [1.54, 1.807) is 0 Å². The molecule has 1 aromatic carbocycles. The van der Waals surface area contributed by atoms with E-state index in [1.807, 2.05) is 13.8 Å². The molecular formula is C16H22F2N2O3. The molecule has 0 radical (unpaired) electrons. The lowest BCUT2D eigenvalue weighted by Gasteiger charge is -2.26. The maximum atomic E-state index is 13.4. The van der Waals surface area contributed by atoms with Crippen molar-refractivity contribution in [3.8, 4) is 0 Å². The van der Waals surface area contributed by atoms with Gasteiger partial charge in [-0.25, -0.2) is 13.6 Å². The van der Waals surface area contributed by atoms with Gasteiger partial charge in [-0.05, 0) is 31.0 Å². The molecule has 23 heavy (non-hydrogen) atoms. The molecule has 1 saturated heterocycles. The fourth-order valence-electron chi connectivity index (χ4n) is 2.56. The van der Waals surface area contributed by atoms with Crippen LogP contribution in [0.25, 0.3) is 0 Å². The van der Waals surface area contributed by atoms with Crippen LogP contribution < -0.4 is 10.6 Å². The molecule has 0 saturated carbocycles. The van der Waals surface area contributed by atoms with Gasteiger partial charge in [0.25, 0.3) is 0 Å². The Morgan fingerprint density at radius 2 is 2.00 bits per heavy atom. The van der Waals surface area contributed by atoms with E-state index in [4.69, 9.17) is 9.47 Å². The van der Waals surface area contributed by atoms with Crippen molar-refractivity contribution in [2.75, 3.05) is 19.8 Å². The summed E-state index contributed by atoms with van der Waals surface area (Å²) in [6.45, 7) is 5.37. The minimum Gasteiger partial charge on any atom is -0.348 e. The number of ether oxygens (including phenoxy) is 2. The topological polar surface area (TPSA) is 59.6 Å². The van der Waals surface area contributed by atoms with E-state index in [-0.39, 0.29) is 18.0 Å². The van der Waals surface area contributed by atoms with Gasteiger partial charge in [0.1, 0.15) is 11.6 Å². The molecule has 0 aliphatic carbocycles. The van der Waals surface area contributed by atoms with E-state index in [1.165, 1.54) is 0 Å². The van der Waals surface area contributed by atoms with Crippen LogP contribution in [0.2, 0.25) is 0 Å². The monoisotopic (exact) mass is 328 g/mol. The predicted octanol–water partition coefficient (Wildman–Crippen LogP) is 2.55. The van der Waals surface area contributed by atoms with Crippen LogP contribution in [0.15, 0.2) is 18.2 Å². The average molecular weight is 328 g/mol. The van der Waals surface area contributed by atoms with Crippen molar-refractivity contribution in [2.24, 2.45) is 5.92 Å². The Bertz CT molecular complexity index is 548. The van der Waals surface area contributed by atoms with Crippen LogP contribution in [0, 0.1) is 17.6 Å². The second-order valence-corrected chi connectivity index (χ2v) is 5.94. The van der Waals surface area contributed by atoms with E-state index < -0.39 is 23.5 Å². The van der Waals surface area contributed by atoms with Crippen molar-refractivity contribution < 1.29 is 23.0 Å². The third-order valence-corrected chi connectivity index (χ3v) is 3.68. The molecule has 0 unspecified atom stereocenters. The number of urea groups is 1. The number of benzene rings is 1. The molecule has 1 heterocycles. The minimum absolute atomic E-state index is 0.0756. The van der Waals surface area contributed by atoms with Gasteiger partial charge < -0.3 is 20.1 Å². The number of hydrogen-bond acceptors (Lipinski definition) is 3. The summed E-state index contributed by atoms with van der Waals surface area (Å²) in [5.74, 6) is -1.54. The summed E-state index contributed by atoms with van der Waals surface area (Å²) in [4.78, 5) is 11.7. The summed E-state index contributed by atoms with van der Waals surface area (Å²) in [6.07, 6.45) is 0.659. The van der Waals surface area contributed by atoms with Gasteiger partial charge in [-0.3, -0.25) is 0 Å². The molecule has 0 bridgehead atoms. The molecule has 1 atom stereocenters. The van der Waals surface area contributed by atoms with Gasteiger partial charge in [-0.2, -0.15) is 0 Å². The van der Waals surface area contributed by atoms with Crippen molar-refractivity contribution >= 4 is 6.03 Å². The van der Waals surface area contributed by atoms with E-state index in [0.29, 0.717) is 26.2 Å². The van der Waals surface area contributed by atoms with E-state index >= 15 is 0 Å². The highest BCUT2D eigenvalue weighted by Gasteiger charge is 2.32. The summed E-state index contributed by atoms with van der Waals surface area (Å²) in [5.41, 5.74) is 0.105. The highest BCUT2D eigenvalue weighted by Crippen LogP contribution is 2.26. The minimum atomic E-state index is -0.595. The first-order chi connectivity index (χ1) is 10.9. The van der Waals surface area contributed by atoms with Crippen LogP contribution in [0.1, 0.15) is 25.8 Å². The first-order valence-electron chi connectivity index (χ1n) is 7.61. The molecule has 1 aromatic rings. The normalized spacial score (nSPS) is 17.7. The van der Waals surface area contributed by atoms with Crippen molar-refractivity contribution in [3.63, 3.8) is 0 Å². The Morgan fingerprint density at radius 3 is 2.70 bits per heavy atom. The zero-order chi connectivity index (χ0) is 16.9.